The summed E-state index contributed by atoms with van der Waals surface area (Å²) in [5, 5.41) is 3.31. The number of hydrogen-bond acceptors (Lipinski definition) is 2. The molecule has 90 valence electrons. The lowest BCUT2D eigenvalue weighted by atomic mass is 10.2. The number of imidazole rings is 1. The summed E-state index contributed by atoms with van der Waals surface area (Å²) in [6.07, 6.45) is 2.08. The molecule has 1 aliphatic rings. The second-order valence-corrected chi connectivity index (χ2v) is 4.43. The Kier molecular flexibility index (Phi) is 2.36. The van der Waals surface area contributed by atoms with Gasteiger partial charge in [0.25, 0.3) is 0 Å². The van der Waals surface area contributed by atoms with Crippen LogP contribution < -0.4 is 5.32 Å². The van der Waals surface area contributed by atoms with Crippen molar-refractivity contribution in [3.63, 3.8) is 0 Å². The van der Waals surface area contributed by atoms with Crippen LogP contribution in [-0.2, 0) is 7.05 Å². The van der Waals surface area contributed by atoms with E-state index in [-0.39, 0.29) is 6.04 Å². The molecule has 1 N–H and O–H groups in total. The number of halogens is 2. The van der Waals surface area contributed by atoms with Crippen molar-refractivity contribution in [2.24, 2.45) is 7.05 Å². The first kappa shape index (κ1) is 10.7. The molecule has 1 aliphatic heterocycles. The van der Waals surface area contributed by atoms with Crippen molar-refractivity contribution in [1.82, 2.24) is 14.9 Å². The zero-order valence-electron chi connectivity index (χ0n) is 9.50. The Labute approximate surface area is 97.5 Å². The average molecular weight is 237 g/mol. The zero-order chi connectivity index (χ0) is 12.0. The SMILES string of the molecule is Cn1c(C2CCCN2)nc2cc(F)cc(F)c21. The first-order valence-electron chi connectivity index (χ1n) is 5.71. The van der Waals surface area contributed by atoms with Crippen LogP contribution in [0.4, 0.5) is 8.78 Å². The van der Waals surface area contributed by atoms with Gasteiger partial charge in [-0.2, -0.15) is 0 Å². The molecule has 0 saturated carbocycles. The monoisotopic (exact) mass is 237 g/mol. The van der Waals surface area contributed by atoms with Gasteiger partial charge in [0, 0.05) is 19.2 Å². The fourth-order valence-corrected chi connectivity index (χ4v) is 2.50. The van der Waals surface area contributed by atoms with Gasteiger partial charge in [0.15, 0.2) is 5.82 Å². The fraction of sp³-hybridized carbons (Fsp3) is 0.417. The van der Waals surface area contributed by atoms with E-state index in [2.05, 4.69) is 10.3 Å². The minimum absolute atomic E-state index is 0.148. The topological polar surface area (TPSA) is 29.9 Å². The van der Waals surface area contributed by atoms with Crippen LogP contribution in [0, 0.1) is 11.6 Å². The van der Waals surface area contributed by atoms with Gasteiger partial charge >= 0.3 is 0 Å². The van der Waals surface area contributed by atoms with E-state index in [9.17, 15) is 8.78 Å². The van der Waals surface area contributed by atoms with E-state index >= 15 is 0 Å². The Morgan fingerprint density at radius 1 is 1.41 bits per heavy atom. The van der Waals surface area contributed by atoms with Gasteiger partial charge in [-0.15, -0.1) is 0 Å². The van der Waals surface area contributed by atoms with Gasteiger partial charge in [-0.25, -0.2) is 13.8 Å². The van der Waals surface area contributed by atoms with Crippen LogP contribution in [0.2, 0.25) is 0 Å². The third kappa shape index (κ3) is 1.61. The molecule has 1 atom stereocenters. The van der Waals surface area contributed by atoms with E-state index in [1.54, 1.807) is 11.6 Å². The summed E-state index contributed by atoms with van der Waals surface area (Å²) in [5.41, 5.74) is 0.754. The molecule has 0 radical (unpaired) electrons. The molecule has 1 fully saturated rings. The summed E-state index contributed by atoms with van der Waals surface area (Å²) in [7, 11) is 1.77. The largest absolute Gasteiger partial charge is 0.327 e. The maximum Gasteiger partial charge on any atom is 0.152 e. The lowest BCUT2D eigenvalue weighted by Gasteiger charge is -2.09. The summed E-state index contributed by atoms with van der Waals surface area (Å²) in [4.78, 5) is 4.34. The molecule has 1 saturated heterocycles. The zero-order valence-corrected chi connectivity index (χ0v) is 9.50. The van der Waals surface area contributed by atoms with E-state index in [0.29, 0.717) is 11.0 Å². The van der Waals surface area contributed by atoms with E-state index in [1.165, 1.54) is 6.07 Å². The Bertz CT molecular complexity index is 571. The van der Waals surface area contributed by atoms with Crippen LogP contribution in [-0.4, -0.2) is 16.1 Å². The Morgan fingerprint density at radius 3 is 2.94 bits per heavy atom. The van der Waals surface area contributed by atoms with Crippen molar-refractivity contribution in [3.8, 4) is 0 Å². The molecule has 3 rings (SSSR count). The van der Waals surface area contributed by atoms with E-state index < -0.39 is 11.6 Å². The maximum atomic E-state index is 13.7. The predicted molar refractivity (Wildman–Crippen MR) is 60.6 cm³/mol. The molecule has 1 aromatic heterocycles. The minimum atomic E-state index is -0.584. The summed E-state index contributed by atoms with van der Waals surface area (Å²) in [6.45, 7) is 0.949. The number of aromatic nitrogens is 2. The molecule has 17 heavy (non-hydrogen) atoms. The average Bonchev–Trinajstić information content (AvgIpc) is 2.85. The first-order valence-corrected chi connectivity index (χ1v) is 5.71. The second-order valence-electron chi connectivity index (χ2n) is 4.43. The van der Waals surface area contributed by atoms with E-state index in [1.807, 2.05) is 0 Å². The van der Waals surface area contributed by atoms with Crippen LogP contribution in [0.25, 0.3) is 11.0 Å². The maximum absolute atomic E-state index is 13.7. The molecule has 0 spiro atoms. The van der Waals surface area contributed by atoms with E-state index in [0.717, 1.165) is 31.3 Å². The number of nitrogens with zero attached hydrogens (tertiary/aromatic N) is 2. The van der Waals surface area contributed by atoms with E-state index in [4.69, 9.17) is 0 Å². The molecule has 5 heteroatoms. The first-order chi connectivity index (χ1) is 8.16. The summed E-state index contributed by atoms with van der Waals surface area (Å²) in [6, 6.07) is 2.32. The minimum Gasteiger partial charge on any atom is -0.327 e. The highest BCUT2D eigenvalue weighted by atomic mass is 19.1. The summed E-state index contributed by atoms with van der Waals surface area (Å²) in [5.74, 6) is -0.361. The number of benzene rings is 1. The van der Waals surface area contributed by atoms with Gasteiger partial charge in [-0.3, -0.25) is 0 Å². The molecule has 3 nitrogen and oxygen atoms in total. The number of rotatable bonds is 1. The Hall–Kier alpha value is -1.49. The normalized spacial score (nSPS) is 20.3. The second kappa shape index (κ2) is 3.77. The molecule has 2 heterocycles. The highest BCUT2D eigenvalue weighted by Gasteiger charge is 2.23. The number of nitrogens with one attached hydrogen (secondary N) is 1. The molecule has 0 amide bonds. The van der Waals surface area contributed by atoms with Crippen molar-refractivity contribution < 1.29 is 8.78 Å². The van der Waals surface area contributed by atoms with Crippen molar-refractivity contribution in [3.05, 3.63) is 29.6 Å². The number of aryl methyl sites for hydroxylation is 1. The van der Waals surface area contributed by atoms with Gasteiger partial charge in [0.2, 0.25) is 0 Å². The molecule has 1 aromatic carbocycles. The third-order valence-corrected chi connectivity index (χ3v) is 3.29. The molecule has 1 unspecified atom stereocenters. The smallest absolute Gasteiger partial charge is 0.152 e. The molecular weight excluding hydrogens is 224 g/mol. The van der Waals surface area contributed by atoms with Crippen LogP contribution in [0.1, 0.15) is 24.7 Å². The highest BCUT2D eigenvalue weighted by molar-refractivity contribution is 5.76. The molecule has 2 aromatic rings. The Morgan fingerprint density at radius 2 is 2.24 bits per heavy atom. The van der Waals surface area contributed by atoms with Crippen LogP contribution >= 0.6 is 0 Å². The highest BCUT2D eigenvalue weighted by Crippen LogP contribution is 2.27. The van der Waals surface area contributed by atoms with Gasteiger partial charge < -0.3 is 9.88 Å². The summed E-state index contributed by atoms with van der Waals surface area (Å²) < 4.78 is 28.5. The lowest BCUT2D eigenvalue weighted by molar-refractivity contribution is 0.573. The van der Waals surface area contributed by atoms with Crippen LogP contribution in [0.3, 0.4) is 0 Å². The predicted octanol–water partition coefficient (Wildman–Crippen LogP) is 2.28. The number of hydrogen-bond donors (Lipinski definition) is 1. The Balaban J connectivity index is 2.20. The van der Waals surface area contributed by atoms with Crippen LogP contribution in [0.5, 0.6) is 0 Å². The third-order valence-electron chi connectivity index (χ3n) is 3.29. The van der Waals surface area contributed by atoms with Gasteiger partial charge in [-0.1, -0.05) is 0 Å². The molecule has 0 bridgehead atoms. The molecule has 0 aliphatic carbocycles. The van der Waals surface area contributed by atoms with Crippen molar-refractivity contribution in [2.45, 2.75) is 18.9 Å². The lowest BCUT2D eigenvalue weighted by Crippen LogP contribution is -2.16. The van der Waals surface area contributed by atoms with Crippen molar-refractivity contribution in [1.29, 1.82) is 0 Å². The van der Waals surface area contributed by atoms with Gasteiger partial charge in [0.1, 0.15) is 17.2 Å². The standard InChI is InChI=1S/C12H13F2N3/c1-17-11-8(14)5-7(13)6-10(11)16-12(17)9-3-2-4-15-9/h5-6,9,15H,2-4H2,1H3. The van der Waals surface area contributed by atoms with Crippen LogP contribution in [0.15, 0.2) is 12.1 Å². The van der Waals surface area contributed by atoms with Gasteiger partial charge in [0.05, 0.1) is 11.6 Å². The van der Waals surface area contributed by atoms with Crippen molar-refractivity contribution in [2.75, 3.05) is 6.54 Å². The van der Waals surface area contributed by atoms with Gasteiger partial charge in [-0.05, 0) is 19.4 Å². The summed E-state index contributed by atoms with van der Waals surface area (Å²) >= 11 is 0. The van der Waals surface area contributed by atoms with Crippen molar-refractivity contribution >= 4 is 11.0 Å². The number of fused-ring (bicyclic) bond motifs is 1. The fourth-order valence-electron chi connectivity index (χ4n) is 2.50. The quantitative estimate of drug-likeness (QED) is 0.824. The molecular formula is C12H13F2N3.